The summed E-state index contributed by atoms with van der Waals surface area (Å²) in [6.45, 7) is 6.90. The van der Waals surface area contributed by atoms with Crippen LogP contribution in [0.2, 0.25) is 0 Å². The number of hydrogen-bond acceptors (Lipinski definition) is 2. The highest BCUT2D eigenvalue weighted by Crippen LogP contribution is 2.22. The van der Waals surface area contributed by atoms with E-state index in [1.807, 2.05) is 43.3 Å². The lowest BCUT2D eigenvalue weighted by atomic mass is 9.84. The molecule has 0 heterocycles. The summed E-state index contributed by atoms with van der Waals surface area (Å²) in [6.07, 6.45) is 0. The summed E-state index contributed by atoms with van der Waals surface area (Å²) in [7, 11) is 3.98. The molecule has 0 bridgehead atoms. The van der Waals surface area contributed by atoms with Crippen molar-refractivity contribution in [2.45, 2.75) is 26.2 Å². The molecule has 0 atom stereocenters. The molecule has 0 radical (unpaired) electrons. The van der Waals surface area contributed by atoms with Gasteiger partial charge < -0.3 is 15.5 Å². The number of carbonyl (C=O) groups excluding carboxylic acids is 1. The monoisotopic (exact) mass is 325 g/mol. The molecule has 0 unspecified atom stereocenters. The predicted octanol–water partition coefficient (Wildman–Crippen LogP) is 4.16. The lowest BCUT2D eigenvalue weighted by Gasteiger charge is -2.26. The summed E-state index contributed by atoms with van der Waals surface area (Å²) in [4.78, 5) is 14.2. The summed E-state index contributed by atoms with van der Waals surface area (Å²) in [6, 6.07) is 16.0. The average molecular weight is 325 g/mol. The minimum atomic E-state index is -0.187. The lowest BCUT2D eigenvalue weighted by Crippen LogP contribution is -2.38. The van der Waals surface area contributed by atoms with E-state index in [-0.39, 0.29) is 11.4 Å². The van der Waals surface area contributed by atoms with Gasteiger partial charge in [0.1, 0.15) is 0 Å². The van der Waals surface area contributed by atoms with E-state index in [1.54, 1.807) is 0 Å². The second-order valence-electron chi connectivity index (χ2n) is 7.00. The molecule has 0 aliphatic carbocycles. The van der Waals surface area contributed by atoms with E-state index in [2.05, 4.69) is 55.7 Å². The highest BCUT2D eigenvalue weighted by atomic mass is 16.2. The van der Waals surface area contributed by atoms with Crippen molar-refractivity contribution < 1.29 is 4.79 Å². The van der Waals surface area contributed by atoms with Gasteiger partial charge in [0.05, 0.1) is 0 Å². The van der Waals surface area contributed by atoms with E-state index in [1.165, 1.54) is 11.1 Å². The van der Waals surface area contributed by atoms with E-state index in [0.29, 0.717) is 6.54 Å². The SMILES string of the molecule is Cc1ccc(C(C)(C)CNC(=O)Nc2ccc(N(C)C)cc2)cc1. The Morgan fingerprint density at radius 3 is 2.12 bits per heavy atom. The number of hydrogen-bond donors (Lipinski definition) is 2. The van der Waals surface area contributed by atoms with E-state index in [0.717, 1.165) is 11.4 Å². The highest BCUT2D eigenvalue weighted by molar-refractivity contribution is 5.89. The number of benzene rings is 2. The van der Waals surface area contributed by atoms with Crippen molar-refractivity contribution in [3.8, 4) is 0 Å². The Hall–Kier alpha value is -2.49. The topological polar surface area (TPSA) is 44.4 Å². The van der Waals surface area contributed by atoms with Crippen LogP contribution in [0.1, 0.15) is 25.0 Å². The first-order chi connectivity index (χ1) is 11.3. The summed E-state index contributed by atoms with van der Waals surface area (Å²) >= 11 is 0. The van der Waals surface area contributed by atoms with Crippen molar-refractivity contribution in [3.63, 3.8) is 0 Å². The zero-order valence-corrected chi connectivity index (χ0v) is 15.2. The molecule has 2 amide bonds. The molecule has 4 heteroatoms. The van der Waals surface area contributed by atoms with Crippen LogP contribution < -0.4 is 15.5 Å². The maximum Gasteiger partial charge on any atom is 0.319 e. The van der Waals surface area contributed by atoms with Crippen molar-refractivity contribution in [1.29, 1.82) is 0 Å². The molecule has 0 fully saturated rings. The number of aryl methyl sites for hydroxylation is 1. The Labute approximate surface area is 144 Å². The van der Waals surface area contributed by atoms with Crippen LogP contribution in [0.3, 0.4) is 0 Å². The van der Waals surface area contributed by atoms with Gasteiger partial charge >= 0.3 is 6.03 Å². The summed E-state index contributed by atoms with van der Waals surface area (Å²) in [5.41, 5.74) is 4.21. The Bertz CT molecular complexity index is 673. The summed E-state index contributed by atoms with van der Waals surface area (Å²) in [5, 5.41) is 5.83. The fraction of sp³-hybridized carbons (Fsp3) is 0.350. The number of urea groups is 1. The second kappa shape index (κ2) is 7.39. The number of nitrogens with zero attached hydrogens (tertiary/aromatic N) is 1. The molecule has 2 aromatic carbocycles. The van der Waals surface area contributed by atoms with Crippen LogP contribution in [-0.4, -0.2) is 26.7 Å². The van der Waals surface area contributed by atoms with E-state index in [4.69, 9.17) is 0 Å². The van der Waals surface area contributed by atoms with E-state index >= 15 is 0 Å². The Kier molecular flexibility index (Phi) is 5.50. The molecule has 128 valence electrons. The van der Waals surface area contributed by atoms with Gasteiger partial charge in [0.15, 0.2) is 0 Å². The predicted molar refractivity (Wildman–Crippen MR) is 102 cm³/mol. The summed E-state index contributed by atoms with van der Waals surface area (Å²) < 4.78 is 0. The first-order valence-electron chi connectivity index (χ1n) is 8.17. The zero-order chi connectivity index (χ0) is 17.7. The molecule has 0 spiro atoms. The van der Waals surface area contributed by atoms with Gasteiger partial charge in [-0.1, -0.05) is 43.7 Å². The van der Waals surface area contributed by atoms with Crippen LogP contribution in [0.15, 0.2) is 48.5 Å². The number of nitrogens with one attached hydrogen (secondary N) is 2. The third kappa shape index (κ3) is 4.75. The minimum Gasteiger partial charge on any atom is -0.378 e. The Morgan fingerprint density at radius 2 is 1.58 bits per heavy atom. The zero-order valence-electron chi connectivity index (χ0n) is 15.2. The number of anilines is 2. The van der Waals surface area contributed by atoms with Crippen LogP contribution in [0.4, 0.5) is 16.2 Å². The third-order valence-corrected chi connectivity index (χ3v) is 4.17. The number of carbonyl (C=O) groups is 1. The smallest absolute Gasteiger partial charge is 0.319 e. The van der Waals surface area contributed by atoms with Crippen LogP contribution in [0.5, 0.6) is 0 Å². The van der Waals surface area contributed by atoms with Gasteiger partial charge in [0.25, 0.3) is 0 Å². The third-order valence-electron chi connectivity index (χ3n) is 4.17. The van der Waals surface area contributed by atoms with E-state index in [9.17, 15) is 4.79 Å². The van der Waals surface area contributed by atoms with Crippen molar-refractivity contribution in [1.82, 2.24) is 5.32 Å². The molecular weight excluding hydrogens is 298 g/mol. The molecule has 0 aromatic heterocycles. The molecule has 0 aliphatic rings. The van der Waals surface area contributed by atoms with Gasteiger partial charge in [-0.25, -0.2) is 4.79 Å². The molecule has 4 nitrogen and oxygen atoms in total. The van der Waals surface area contributed by atoms with Crippen molar-refractivity contribution in [2.24, 2.45) is 0 Å². The molecule has 0 saturated carbocycles. The maximum atomic E-state index is 12.1. The maximum absolute atomic E-state index is 12.1. The van der Waals surface area contributed by atoms with Gasteiger partial charge in [-0.2, -0.15) is 0 Å². The normalized spacial score (nSPS) is 11.0. The molecule has 2 N–H and O–H groups in total. The first-order valence-corrected chi connectivity index (χ1v) is 8.17. The lowest BCUT2D eigenvalue weighted by molar-refractivity contribution is 0.249. The van der Waals surface area contributed by atoms with Gasteiger partial charge in [-0.3, -0.25) is 0 Å². The number of rotatable bonds is 5. The summed E-state index contributed by atoms with van der Waals surface area (Å²) in [5.74, 6) is 0. The molecule has 0 saturated heterocycles. The van der Waals surface area contributed by atoms with Crippen LogP contribution in [-0.2, 0) is 5.41 Å². The molecule has 2 aromatic rings. The highest BCUT2D eigenvalue weighted by Gasteiger charge is 2.21. The molecule has 2 rings (SSSR count). The van der Waals surface area contributed by atoms with Gasteiger partial charge in [-0.05, 0) is 36.8 Å². The molecule has 0 aliphatic heterocycles. The molecule has 24 heavy (non-hydrogen) atoms. The minimum absolute atomic E-state index is 0.125. The van der Waals surface area contributed by atoms with Gasteiger partial charge in [-0.15, -0.1) is 0 Å². The van der Waals surface area contributed by atoms with Crippen molar-refractivity contribution >= 4 is 17.4 Å². The van der Waals surface area contributed by atoms with Crippen LogP contribution >= 0.6 is 0 Å². The Morgan fingerprint density at radius 1 is 1.00 bits per heavy atom. The van der Waals surface area contributed by atoms with Crippen LogP contribution in [0.25, 0.3) is 0 Å². The second-order valence-corrected chi connectivity index (χ2v) is 7.00. The number of amides is 2. The largest absolute Gasteiger partial charge is 0.378 e. The van der Waals surface area contributed by atoms with Crippen molar-refractivity contribution in [3.05, 3.63) is 59.7 Å². The fourth-order valence-corrected chi connectivity index (χ4v) is 2.43. The van der Waals surface area contributed by atoms with Crippen molar-refractivity contribution in [2.75, 3.05) is 30.9 Å². The average Bonchev–Trinajstić information content (AvgIpc) is 2.54. The molecular formula is C20H27N3O. The fourth-order valence-electron chi connectivity index (χ4n) is 2.43. The van der Waals surface area contributed by atoms with Gasteiger partial charge in [0.2, 0.25) is 0 Å². The first kappa shape index (κ1) is 17.9. The standard InChI is InChI=1S/C20H27N3O/c1-15-6-8-16(9-7-15)20(2,3)14-21-19(24)22-17-10-12-18(13-11-17)23(4)5/h6-13H,14H2,1-5H3,(H2,21,22,24). The van der Waals surface area contributed by atoms with Crippen LogP contribution in [0, 0.1) is 6.92 Å². The Balaban J connectivity index is 1.91. The van der Waals surface area contributed by atoms with Gasteiger partial charge in [0, 0.05) is 37.4 Å². The van der Waals surface area contributed by atoms with E-state index < -0.39 is 0 Å². The quantitative estimate of drug-likeness (QED) is 0.867.